The number of hydrogen-bond acceptors (Lipinski definition) is 2. The van der Waals surface area contributed by atoms with Gasteiger partial charge in [-0.15, -0.1) is 0 Å². The van der Waals surface area contributed by atoms with E-state index in [1.54, 1.807) is 0 Å². The van der Waals surface area contributed by atoms with Crippen LogP contribution in [-0.2, 0) is 0 Å². The Labute approximate surface area is 123 Å². The molecule has 2 aromatic rings. The molecule has 0 aliphatic carbocycles. The number of nitrogens with two attached hydrogens (primary N) is 1. The van der Waals surface area contributed by atoms with Gasteiger partial charge in [0.05, 0.1) is 5.69 Å². The highest BCUT2D eigenvalue weighted by Crippen LogP contribution is 2.20. The van der Waals surface area contributed by atoms with Gasteiger partial charge in [0.25, 0.3) is 5.91 Å². The fraction of sp³-hybridized carbons (Fsp3) is 0. The molecule has 0 aliphatic heterocycles. The summed E-state index contributed by atoms with van der Waals surface area (Å²) in [5.41, 5.74) is 5.57. The number of halogens is 3. The third-order valence-electron chi connectivity index (χ3n) is 2.67. The van der Waals surface area contributed by atoms with Crippen LogP contribution in [0.5, 0.6) is 0 Å². The molecule has 7 heteroatoms. The van der Waals surface area contributed by atoms with Crippen molar-refractivity contribution in [1.82, 2.24) is 0 Å². The molecule has 108 valence electrons. The maximum Gasteiger partial charge on any atom is 0.255 e. The molecule has 21 heavy (non-hydrogen) atoms. The van der Waals surface area contributed by atoms with Crippen molar-refractivity contribution in [2.45, 2.75) is 0 Å². The zero-order valence-corrected chi connectivity index (χ0v) is 11.3. The van der Waals surface area contributed by atoms with E-state index in [2.05, 4.69) is 5.32 Å². The molecule has 0 atom stereocenters. The molecule has 0 spiro atoms. The van der Waals surface area contributed by atoms with Gasteiger partial charge in [-0.3, -0.25) is 4.79 Å². The maximum absolute atomic E-state index is 13.4. The first-order valence-corrected chi connectivity index (χ1v) is 6.15. The number of carbonyl (C=O) groups is 1. The van der Waals surface area contributed by atoms with Gasteiger partial charge in [0.2, 0.25) is 0 Å². The summed E-state index contributed by atoms with van der Waals surface area (Å²) < 4.78 is 39.5. The van der Waals surface area contributed by atoms with Crippen molar-refractivity contribution in [3.05, 3.63) is 65.0 Å². The van der Waals surface area contributed by atoms with Crippen molar-refractivity contribution in [2.75, 3.05) is 5.32 Å². The monoisotopic (exact) mass is 310 g/mol. The second-order valence-electron chi connectivity index (χ2n) is 4.14. The zero-order valence-electron chi connectivity index (χ0n) is 10.5. The highest BCUT2D eigenvalue weighted by molar-refractivity contribution is 7.80. The van der Waals surface area contributed by atoms with Gasteiger partial charge in [0.1, 0.15) is 10.8 Å². The third kappa shape index (κ3) is 3.38. The Morgan fingerprint density at radius 1 is 1.05 bits per heavy atom. The summed E-state index contributed by atoms with van der Waals surface area (Å²) in [6.07, 6.45) is 0. The van der Waals surface area contributed by atoms with Crippen molar-refractivity contribution < 1.29 is 18.0 Å². The quantitative estimate of drug-likeness (QED) is 0.677. The Morgan fingerprint density at radius 3 is 2.19 bits per heavy atom. The maximum atomic E-state index is 13.4. The molecule has 0 radical (unpaired) electrons. The average Bonchev–Trinajstić information content (AvgIpc) is 2.44. The van der Waals surface area contributed by atoms with Gasteiger partial charge < -0.3 is 11.1 Å². The number of rotatable bonds is 3. The highest BCUT2D eigenvalue weighted by Gasteiger charge is 2.14. The predicted octanol–water partition coefficient (Wildman–Crippen LogP) is 2.99. The summed E-state index contributed by atoms with van der Waals surface area (Å²) in [5, 5.41) is 2.10. The normalized spacial score (nSPS) is 10.2. The van der Waals surface area contributed by atoms with Crippen molar-refractivity contribution in [3.8, 4) is 0 Å². The topological polar surface area (TPSA) is 55.1 Å². The van der Waals surface area contributed by atoms with Crippen LogP contribution in [0.1, 0.15) is 15.9 Å². The first-order chi connectivity index (χ1) is 9.88. The number of thiocarbonyl (C=S) groups is 1. The molecule has 0 aliphatic rings. The summed E-state index contributed by atoms with van der Waals surface area (Å²) in [7, 11) is 0. The molecule has 3 nitrogen and oxygen atoms in total. The lowest BCUT2D eigenvalue weighted by molar-refractivity contribution is 0.102. The molecular formula is C14H9F3N2OS. The number of hydrogen-bond donors (Lipinski definition) is 2. The average molecular weight is 310 g/mol. The van der Waals surface area contributed by atoms with Crippen LogP contribution < -0.4 is 11.1 Å². The van der Waals surface area contributed by atoms with Crippen LogP contribution in [0.4, 0.5) is 18.9 Å². The number of carbonyl (C=O) groups excluding carboxylic acids is 1. The van der Waals surface area contributed by atoms with Gasteiger partial charge in [-0.2, -0.15) is 0 Å². The molecule has 0 aromatic heterocycles. The van der Waals surface area contributed by atoms with E-state index in [0.29, 0.717) is 17.7 Å². The summed E-state index contributed by atoms with van der Waals surface area (Å²) in [4.78, 5) is 12.1. The molecule has 2 rings (SSSR count). The molecule has 0 bridgehead atoms. The van der Waals surface area contributed by atoms with Crippen LogP contribution in [-0.4, -0.2) is 10.9 Å². The van der Waals surface area contributed by atoms with Crippen molar-refractivity contribution in [3.63, 3.8) is 0 Å². The largest absolute Gasteiger partial charge is 0.389 e. The van der Waals surface area contributed by atoms with E-state index in [1.807, 2.05) is 0 Å². The lowest BCUT2D eigenvalue weighted by atomic mass is 10.1. The van der Waals surface area contributed by atoms with E-state index < -0.39 is 29.0 Å². The van der Waals surface area contributed by atoms with E-state index in [1.165, 1.54) is 24.3 Å². The zero-order chi connectivity index (χ0) is 15.6. The van der Waals surface area contributed by atoms with Crippen molar-refractivity contribution >= 4 is 28.8 Å². The van der Waals surface area contributed by atoms with E-state index >= 15 is 0 Å². The third-order valence-corrected chi connectivity index (χ3v) is 2.91. The first-order valence-electron chi connectivity index (χ1n) is 5.74. The molecule has 0 fully saturated rings. The summed E-state index contributed by atoms with van der Waals surface area (Å²) in [6, 6.07) is 6.94. The van der Waals surface area contributed by atoms with Crippen LogP contribution in [0.2, 0.25) is 0 Å². The Morgan fingerprint density at radius 2 is 1.62 bits per heavy atom. The smallest absolute Gasteiger partial charge is 0.255 e. The first kappa shape index (κ1) is 15.0. The minimum atomic E-state index is -1.38. The standard InChI is InChI=1S/C14H9F3N2OS/c15-9-5-10(16)12(17)11(6-9)19-14(20)8-3-1-7(2-4-8)13(18)21/h1-6H,(H2,18,21)(H,19,20). The summed E-state index contributed by atoms with van der Waals surface area (Å²) in [5.74, 6) is -4.42. The molecule has 0 heterocycles. The number of benzene rings is 2. The van der Waals surface area contributed by atoms with Crippen LogP contribution >= 0.6 is 12.2 Å². The number of nitrogens with one attached hydrogen (secondary N) is 1. The van der Waals surface area contributed by atoms with Gasteiger partial charge >= 0.3 is 0 Å². The van der Waals surface area contributed by atoms with Gasteiger partial charge in [0, 0.05) is 23.3 Å². The molecule has 0 saturated carbocycles. The van der Waals surface area contributed by atoms with Gasteiger partial charge in [-0.05, 0) is 12.1 Å². The Balaban J connectivity index is 2.24. The van der Waals surface area contributed by atoms with Crippen LogP contribution in [0.25, 0.3) is 0 Å². The van der Waals surface area contributed by atoms with Gasteiger partial charge in [-0.1, -0.05) is 24.4 Å². The number of amides is 1. The lowest BCUT2D eigenvalue weighted by Gasteiger charge is -2.08. The Bertz CT molecular complexity index is 717. The van der Waals surface area contributed by atoms with E-state index in [-0.39, 0.29) is 10.6 Å². The lowest BCUT2D eigenvalue weighted by Crippen LogP contribution is -2.15. The minimum Gasteiger partial charge on any atom is -0.389 e. The fourth-order valence-electron chi connectivity index (χ4n) is 1.63. The van der Waals surface area contributed by atoms with Crippen molar-refractivity contribution in [2.24, 2.45) is 5.73 Å². The highest BCUT2D eigenvalue weighted by atomic mass is 32.1. The second kappa shape index (κ2) is 5.92. The van der Waals surface area contributed by atoms with Crippen LogP contribution in [0, 0.1) is 17.5 Å². The Hall–Kier alpha value is -2.41. The summed E-state index contributed by atoms with van der Waals surface area (Å²) >= 11 is 4.77. The van der Waals surface area contributed by atoms with Crippen molar-refractivity contribution in [1.29, 1.82) is 0 Å². The van der Waals surface area contributed by atoms with Crippen LogP contribution in [0.3, 0.4) is 0 Å². The molecule has 0 saturated heterocycles. The number of anilines is 1. The van der Waals surface area contributed by atoms with Crippen LogP contribution in [0.15, 0.2) is 36.4 Å². The Kier molecular flexibility index (Phi) is 4.23. The van der Waals surface area contributed by atoms with E-state index in [0.717, 1.165) is 0 Å². The van der Waals surface area contributed by atoms with Gasteiger partial charge in [-0.25, -0.2) is 13.2 Å². The summed E-state index contributed by atoms with van der Waals surface area (Å²) in [6.45, 7) is 0. The molecule has 2 aromatic carbocycles. The molecular weight excluding hydrogens is 301 g/mol. The molecule has 3 N–H and O–H groups in total. The predicted molar refractivity (Wildman–Crippen MR) is 76.6 cm³/mol. The van der Waals surface area contributed by atoms with Gasteiger partial charge in [0.15, 0.2) is 11.6 Å². The second-order valence-corrected chi connectivity index (χ2v) is 4.58. The molecule has 0 unspecified atom stereocenters. The minimum absolute atomic E-state index is 0.166. The SMILES string of the molecule is NC(=S)c1ccc(C(=O)Nc2cc(F)cc(F)c2F)cc1. The van der Waals surface area contributed by atoms with E-state index in [4.69, 9.17) is 18.0 Å². The van der Waals surface area contributed by atoms with E-state index in [9.17, 15) is 18.0 Å². The fourth-order valence-corrected chi connectivity index (χ4v) is 1.76. The molecule has 1 amide bonds.